The molecule has 32 heavy (non-hydrogen) atoms. The summed E-state index contributed by atoms with van der Waals surface area (Å²) in [6, 6.07) is 7.93. The molecular weight excluding hydrogens is 455 g/mol. The van der Waals surface area contributed by atoms with Crippen molar-refractivity contribution >= 4 is 52.3 Å². The van der Waals surface area contributed by atoms with Crippen molar-refractivity contribution in [3.05, 3.63) is 51.5 Å². The number of carbonyl (C=O) groups is 3. The molecule has 1 fully saturated rings. The van der Waals surface area contributed by atoms with E-state index < -0.39 is 35.2 Å². The zero-order valence-electron chi connectivity index (χ0n) is 17.4. The molecule has 1 saturated heterocycles. The number of benzene rings is 2. The first-order valence-electron chi connectivity index (χ1n) is 9.98. The third kappa shape index (κ3) is 3.68. The normalized spacial score (nSPS) is 23.7. The Morgan fingerprint density at radius 3 is 2.72 bits per heavy atom. The average Bonchev–Trinajstić information content (AvgIpc) is 3.21. The monoisotopic (exact) mass is 476 g/mol. The molecule has 168 valence electrons. The van der Waals surface area contributed by atoms with E-state index in [2.05, 4.69) is 16.0 Å². The summed E-state index contributed by atoms with van der Waals surface area (Å²) in [6.45, 7) is 1.85. The minimum atomic E-state index is -1.40. The van der Waals surface area contributed by atoms with Crippen LogP contribution in [0.5, 0.6) is 5.75 Å². The SMILES string of the molecule is COc1ccc(Cl)cc1NC(=O)[C@@H]1C[C@@H](CC(N)=O)N[C@@]12C(=O)Nc1c(Cl)cc(C)cc12. The van der Waals surface area contributed by atoms with E-state index >= 15 is 0 Å². The van der Waals surface area contributed by atoms with Crippen LogP contribution in [-0.2, 0) is 19.9 Å². The van der Waals surface area contributed by atoms with Crippen molar-refractivity contribution in [1.82, 2.24) is 5.32 Å². The van der Waals surface area contributed by atoms with Gasteiger partial charge in [-0.15, -0.1) is 0 Å². The molecule has 0 saturated carbocycles. The first-order valence-corrected chi connectivity index (χ1v) is 10.7. The number of fused-ring (bicyclic) bond motifs is 2. The Kier molecular flexibility index (Phi) is 5.79. The molecule has 5 N–H and O–H groups in total. The second-order valence-electron chi connectivity index (χ2n) is 8.07. The Hall–Kier alpha value is -2.81. The first kappa shape index (κ1) is 22.4. The molecule has 3 amide bonds. The molecule has 0 aliphatic carbocycles. The highest BCUT2D eigenvalue weighted by molar-refractivity contribution is 6.35. The van der Waals surface area contributed by atoms with Crippen LogP contribution < -0.4 is 26.4 Å². The fourth-order valence-corrected chi connectivity index (χ4v) is 5.12. The predicted molar refractivity (Wildman–Crippen MR) is 122 cm³/mol. The molecule has 10 heteroatoms. The zero-order chi connectivity index (χ0) is 23.2. The Bertz CT molecular complexity index is 1140. The molecule has 2 aliphatic heterocycles. The van der Waals surface area contributed by atoms with Gasteiger partial charge in [-0.05, 0) is 43.2 Å². The van der Waals surface area contributed by atoms with Gasteiger partial charge in [0, 0.05) is 23.0 Å². The summed E-state index contributed by atoms with van der Waals surface area (Å²) in [5.74, 6) is -1.80. The van der Waals surface area contributed by atoms with E-state index in [0.29, 0.717) is 32.7 Å². The number of primary amides is 1. The van der Waals surface area contributed by atoms with Gasteiger partial charge in [0.05, 0.1) is 29.4 Å². The molecule has 0 aromatic heterocycles. The van der Waals surface area contributed by atoms with E-state index in [9.17, 15) is 14.4 Å². The zero-order valence-corrected chi connectivity index (χ0v) is 18.9. The minimum absolute atomic E-state index is 0.0197. The fourth-order valence-electron chi connectivity index (χ4n) is 4.63. The highest BCUT2D eigenvalue weighted by atomic mass is 35.5. The number of carbonyl (C=O) groups excluding carboxylic acids is 3. The van der Waals surface area contributed by atoms with Crippen molar-refractivity contribution in [2.75, 3.05) is 17.7 Å². The summed E-state index contributed by atoms with van der Waals surface area (Å²) >= 11 is 12.5. The summed E-state index contributed by atoms with van der Waals surface area (Å²) < 4.78 is 5.32. The lowest BCUT2D eigenvalue weighted by Crippen LogP contribution is -2.52. The Labute approximate surface area is 194 Å². The highest BCUT2D eigenvalue weighted by Crippen LogP contribution is 2.50. The van der Waals surface area contributed by atoms with Gasteiger partial charge in [0.2, 0.25) is 17.7 Å². The lowest BCUT2D eigenvalue weighted by molar-refractivity contribution is -0.130. The highest BCUT2D eigenvalue weighted by Gasteiger charge is 2.60. The molecule has 4 rings (SSSR count). The number of halogens is 2. The number of hydrogen-bond donors (Lipinski definition) is 4. The third-order valence-electron chi connectivity index (χ3n) is 5.91. The largest absolute Gasteiger partial charge is 0.495 e. The van der Waals surface area contributed by atoms with E-state index in [4.69, 9.17) is 33.7 Å². The maximum absolute atomic E-state index is 13.5. The van der Waals surface area contributed by atoms with E-state index in [1.54, 1.807) is 24.3 Å². The standard InChI is InChI=1S/C22H22Cl2N4O4/c1-10-5-13-19(15(24)6-10)27-21(31)22(13)14(8-12(28-22)9-18(25)29)20(30)26-16-7-11(23)3-4-17(16)32-2/h3-7,12,14,28H,8-9H2,1-2H3,(H2,25,29)(H,26,30)(H,27,31)/t12-,14-,22+/m0/s1. The van der Waals surface area contributed by atoms with Crippen molar-refractivity contribution in [3.63, 3.8) is 0 Å². The molecule has 8 nitrogen and oxygen atoms in total. The van der Waals surface area contributed by atoms with Crippen molar-refractivity contribution in [3.8, 4) is 5.75 Å². The molecule has 2 heterocycles. The van der Waals surface area contributed by atoms with Crippen LogP contribution in [-0.4, -0.2) is 30.9 Å². The van der Waals surface area contributed by atoms with E-state index in [1.807, 2.05) is 13.0 Å². The second kappa shape index (κ2) is 8.27. The molecule has 0 unspecified atom stereocenters. The molecule has 0 bridgehead atoms. The number of ether oxygens (including phenoxy) is 1. The Morgan fingerprint density at radius 2 is 2.03 bits per heavy atom. The van der Waals surface area contributed by atoms with Crippen LogP contribution in [0.2, 0.25) is 10.0 Å². The quantitative estimate of drug-likeness (QED) is 0.528. The van der Waals surface area contributed by atoms with Crippen LogP contribution in [0, 0.1) is 12.8 Å². The number of rotatable bonds is 5. The van der Waals surface area contributed by atoms with E-state index in [0.717, 1.165) is 5.56 Å². The van der Waals surface area contributed by atoms with Crippen LogP contribution in [0.25, 0.3) is 0 Å². The molecule has 1 spiro atoms. The lowest BCUT2D eigenvalue weighted by atomic mass is 9.79. The number of nitrogens with one attached hydrogen (secondary N) is 3. The Morgan fingerprint density at radius 1 is 1.28 bits per heavy atom. The van der Waals surface area contributed by atoms with Gasteiger partial charge >= 0.3 is 0 Å². The van der Waals surface area contributed by atoms with Gasteiger partial charge in [0.25, 0.3) is 0 Å². The maximum atomic E-state index is 13.5. The Balaban J connectivity index is 1.78. The van der Waals surface area contributed by atoms with Crippen LogP contribution in [0.4, 0.5) is 11.4 Å². The minimum Gasteiger partial charge on any atom is -0.495 e. The van der Waals surface area contributed by atoms with E-state index in [1.165, 1.54) is 7.11 Å². The fraction of sp³-hybridized carbons (Fsp3) is 0.318. The third-order valence-corrected chi connectivity index (χ3v) is 6.45. The predicted octanol–water partition coefficient (Wildman–Crippen LogP) is 2.95. The molecule has 2 aromatic carbocycles. The first-order chi connectivity index (χ1) is 15.1. The van der Waals surface area contributed by atoms with Crippen LogP contribution in [0.3, 0.4) is 0 Å². The number of amides is 3. The molecule has 3 atom stereocenters. The van der Waals surface area contributed by atoms with Crippen molar-refractivity contribution < 1.29 is 19.1 Å². The summed E-state index contributed by atoms with van der Waals surface area (Å²) in [6.07, 6.45) is 0.199. The van der Waals surface area contributed by atoms with Crippen molar-refractivity contribution in [2.45, 2.75) is 31.3 Å². The number of aryl methyl sites for hydroxylation is 1. The average molecular weight is 477 g/mol. The molecular formula is C22H22Cl2N4O4. The summed E-state index contributed by atoms with van der Waals surface area (Å²) in [7, 11) is 1.48. The second-order valence-corrected chi connectivity index (χ2v) is 8.91. The maximum Gasteiger partial charge on any atom is 0.250 e. The molecule has 2 aromatic rings. The molecule has 0 radical (unpaired) electrons. The van der Waals surface area contributed by atoms with Crippen LogP contribution in [0.15, 0.2) is 30.3 Å². The molecule has 2 aliphatic rings. The summed E-state index contributed by atoms with van der Waals surface area (Å²) in [4.78, 5) is 38.5. The van der Waals surface area contributed by atoms with Gasteiger partial charge < -0.3 is 21.1 Å². The van der Waals surface area contributed by atoms with Gasteiger partial charge in [-0.3, -0.25) is 19.7 Å². The number of nitrogens with two attached hydrogens (primary N) is 1. The van der Waals surface area contributed by atoms with Gasteiger partial charge in [-0.25, -0.2) is 0 Å². The summed E-state index contributed by atoms with van der Waals surface area (Å²) in [5.41, 5.74) is 6.23. The van der Waals surface area contributed by atoms with Gasteiger partial charge in [0.1, 0.15) is 11.3 Å². The van der Waals surface area contributed by atoms with Crippen LogP contribution in [0.1, 0.15) is 24.0 Å². The topological polar surface area (TPSA) is 123 Å². The lowest BCUT2D eigenvalue weighted by Gasteiger charge is -2.29. The van der Waals surface area contributed by atoms with Crippen molar-refractivity contribution in [2.24, 2.45) is 11.7 Å². The number of methoxy groups -OCH3 is 1. The smallest absolute Gasteiger partial charge is 0.250 e. The summed E-state index contributed by atoms with van der Waals surface area (Å²) in [5, 5.41) is 9.65. The van der Waals surface area contributed by atoms with Crippen molar-refractivity contribution in [1.29, 1.82) is 0 Å². The van der Waals surface area contributed by atoms with E-state index in [-0.39, 0.29) is 12.8 Å². The van der Waals surface area contributed by atoms with Crippen LogP contribution >= 0.6 is 23.2 Å². The van der Waals surface area contributed by atoms with Gasteiger partial charge in [-0.2, -0.15) is 0 Å². The van der Waals surface area contributed by atoms with Gasteiger partial charge in [0.15, 0.2) is 0 Å². The number of hydrogen-bond acceptors (Lipinski definition) is 5. The number of anilines is 2. The van der Waals surface area contributed by atoms with Gasteiger partial charge in [-0.1, -0.05) is 29.3 Å².